The molecule has 2 aromatic carbocycles. The first-order chi connectivity index (χ1) is 13.5. The maximum absolute atomic E-state index is 12.6. The molecule has 0 saturated heterocycles. The van der Waals surface area contributed by atoms with E-state index < -0.39 is 0 Å². The van der Waals surface area contributed by atoms with Crippen molar-refractivity contribution in [2.45, 2.75) is 6.92 Å². The number of para-hydroxylation sites is 1. The van der Waals surface area contributed by atoms with E-state index in [9.17, 15) is 4.79 Å². The number of carbonyl (C=O) groups excluding carboxylic acids is 1. The van der Waals surface area contributed by atoms with Gasteiger partial charge in [0.05, 0.1) is 26.8 Å². The Hall–Kier alpha value is -3.09. The van der Waals surface area contributed by atoms with Crippen LogP contribution in [0.1, 0.15) is 15.9 Å². The van der Waals surface area contributed by atoms with Gasteiger partial charge in [-0.15, -0.1) is 0 Å². The second-order valence-electron chi connectivity index (χ2n) is 6.16. The van der Waals surface area contributed by atoms with Crippen LogP contribution in [-0.4, -0.2) is 20.9 Å². The zero-order valence-electron chi connectivity index (χ0n) is 14.8. The van der Waals surface area contributed by atoms with Gasteiger partial charge in [0.1, 0.15) is 5.82 Å². The molecule has 0 radical (unpaired) electrons. The predicted molar refractivity (Wildman–Crippen MR) is 113 cm³/mol. The van der Waals surface area contributed by atoms with Gasteiger partial charge in [-0.2, -0.15) is 0 Å². The summed E-state index contributed by atoms with van der Waals surface area (Å²) in [5.41, 5.74) is 3.34. The van der Waals surface area contributed by atoms with Crippen LogP contribution in [-0.2, 0) is 0 Å². The molecule has 6 nitrogen and oxygen atoms in total. The Bertz CT molecular complexity index is 1170. The largest absolute Gasteiger partial charge is 0.324 e. The second-order valence-corrected chi connectivity index (χ2v) is 6.98. The molecule has 0 spiro atoms. The molecule has 4 aromatic rings. The number of aryl methyl sites for hydroxylation is 1. The SMILES string of the molecule is Cc1cccnc1NC(=O)c1ccc2[nH]c(Nc3c(Cl)cccc3Cl)nc2c1. The number of benzene rings is 2. The van der Waals surface area contributed by atoms with Crippen LogP contribution in [0.2, 0.25) is 10.0 Å². The Morgan fingerprint density at radius 1 is 1.07 bits per heavy atom. The molecule has 8 heteroatoms. The summed E-state index contributed by atoms with van der Waals surface area (Å²) in [6.45, 7) is 1.89. The number of hydrogen-bond donors (Lipinski definition) is 3. The predicted octanol–water partition coefficient (Wildman–Crippen LogP) is 5.57. The summed E-state index contributed by atoms with van der Waals surface area (Å²) in [5, 5.41) is 6.87. The number of pyridine rings is 1. The van der Waals surface area contributed by atoms with E-state index in [0.717, 1.165) is 11.1 Å². The third-order valence-electron chi connectivity index (χ3n) is 4.19. The van der Waals surface area contributed by atoms with Crippen LogP contribution in [0.15, 0.2) is 54.7 Å². The smallest absolute Gasteiger partial charge is 0.256 e. The number of halogens is 2. The van der Waals surface area contributed by atoms with Gasteiger partial charge in [-0.05, 0) is 48.9 Å². The molecule has 0 bridgehead atoms. The lowest BCUT2D eigenvalue weighted by molar-refractivity contribution is 0.102. The van der Waals surface area contributed by atoms with Crippen LogP contribution in [0.5, 0.6) is 0 Å². The maximum Gasteiger partial charge on any atom is 0.256 e. The van der Waals surface area contributed by atoms with Crippen molar-refractivity contribution < 1.29 is 4.79 Å². The first kappa shape index (κ1) is 18.3. The average Bonchev–Trinajstić information content (AvgIpc) is 3.08. The fourth-order valence-electron chi connectivity index (χ4n) is 2.74. The van der Waals surface area contributed by atoms with Crippen LogP contribution < -0.4 is 10.6 Å². The van der Waals surface area contributed by atoms with Crippen molar-refractivity contribution in [3.05, 3.63) is 75.9 Å². The number of rotatable bonds is 4. The molecule has 0 aliphatic carbocycles. The zero-order chi connectivity index (χ0) is 19.7. The fourth-order valence-corrected chi connectivity index (χ4v) is 3.23. The molecule has 4 rings (SSSR count). The fraction of sp³-hybridized carbons (Fsp3) is 0.0500. The molecule has 28 heavy (non-hydrogen) atoms. The first-order valence-corrected chi connectivity index (χ1v) is 9.20. The number of nitrogens with one attached hydrogen (secondary N) is 3. The number of amides is 1. The minimum Gasteiger partial charge on any atom is -0.324 e. The van der Waals surface area contributed by atoms with Crippen molar-refractivity contribution in [2.24, 2.45) is 0 Å². The number of aromatic nitrogens is 3. The van der Waals surface area contributed by atoms with Crippen molar-refractivity contribution in [3.63, 3.8) is 0 Å². The van der Waals surface area contributed by atoms with Gasteiger partial charge in [0.25, 0.3) is 5.91 Å². The molecule has 0 atom stereocenters. The lowest BCUT2D eigenvalue weighted by Gasteiger charge is -2.06. The molecule has 140 valence electrons. The van der Waals surface area contributed by atoms with Crippen molar-refractivity contribution in [3.8, 4) is 0 Å². The molecule has 1 amide bonds. The number of hydrogen-bond acceptors (Lipinski definition) is 4. The summed E-state index contributed by atoms with van der Waals surface area (Å²) in [7, 11) is 0. The number of H-pyrrole nitrogens is 1. The summed E-state index contributed by atoms with van der Waals surface area (Å²) in [6.07, 6.45) is 1.64. The zero-order valence-corrected chi connectivity index (χ0v) is 16.3. The molecule has 0 saturated carbocycles. The number of nitrogens with zero attached hydrogens (tertiary/aromatic N) is 2. The van der Waals surface area contributed by atoms with Gasteiger partial charge in [0.15, 0.2) is 0 Å². The Labute approximate surface area is 170 Å². The summed E-state index contributed by atoms with van der Waals surface area (Å²) in [6, 6.07) is 14.2. The highest BCUT2D eigenvalue weighted by Crippen LogP contribution is 2.32. The summed E-state index contributed by atoms with van der Waals surface area (Å²) >= 11 is 12.4. The lowest BCUT2D eigenvalue weighted by Crippen LogP contribution is -2.13. The van der Waals surface area contributed by atoms with E-state index in [0.29, 0.717) is 38.6 Å². The van der Waals surface area contributed by atoms with Crippen molar-refractivity contribution in [1.82, 2.24) is 15.0 Å². The van der Waals surface area contributed by atoms with Gasteiger partial charge in [-0.25, -0.2) is 9.97 Å². The molecule has 3 N–H and O–H groups in total. The van der Waals surface area contributed by atoms with Gasteiger partial charge in [-0.3, -0.25) is 4.79 Å². The van der Waals surface area contributed by atoms with Gasteiger partial charge in [0.2, 0.25) is 5.95 Å². The normalized spacial score (nSPS) is 10.8. The number of aromatic amines is 1. The number of carbonyl (C=O) groups is 1. The van der Waals surface area contributed by atoms with E-state index in [4.69, 9.17) is 23.2 Å². The van der Waals surface area contributed by atoms with E-state index in [1.165, 1.54) is 0 Å². The summed E-state index contributed by atoms with van der Waals surface area (Å²) < 4.78 is 0. The lowest BCUT2D eigenvalue weighted by atomic mass is 10.2. The van der Waals surface area contributed by atoms with E-state index in [1.807, 2.05) is 19.1 Å². The highest BCUT2D eigenvalue weighted by Gasteiger charge is 2.12. The molecular weight excluding hydrogens is 397 g/mol. The van der Waals surface area contributed by atoms with Gasteiger partial charge < -0.3 is 15.6 Å². The highest BCUT2D eigenvalue weighted by molar-refractivity contribution is 6.39. The van der Waals surface area contributed by atoms with E-state index in [-0.39, 0.29) is 5.91 Å². The van der Waals surface area contributed by atoms with Gasteiger partial charge in [-0.1, -0.05) is 35.3 Å². The third-order valence-corrected chi connectivity index (χ3v) is 4.82. The van der Waals surface area contributed by atoms with E-state index in [1.54, 1.807) is 42.6 Å². The van der Waals surface area contributed by atoms with Crippen LogP contribution in [0.3, 0.4) is 0 Å². The van der Waals surface area contributed by atoms with Crippen LogP contribution in [0.4, 0.5) is 17.5 Å². The number of imidazole rings is 1. The molecule has 0 aliphatic rings. The quantitative estimate of drug-likeness (QED) is 0.409. The minimum absolute atomic E-state index is 0.254. The van der Waals surface area contributed by atoms with Crippen molar-refractivity contribution >= 4 is 57.6 Å². The molecule has 2 heterocycles. The molecule has 0 aliphatic heterocycles. The van der Waals surface area contributed by atoms with Crippen LogP contribution in [0, 0.1) is 6.92 Å². The van der Waals surface area contributed by atoms with E-state index >= 15 is 0 Å². The number of fused-ring (bicyclic) bond motifs is 1. The third kappa shape index (κ3) is 3.65. The first-order valence-electron chi connectivity index (χ1n) is 8.45. The molecule has 0 fully saturated rings. The Morgan fingerprint density at radius 3 is 2.61 bits per heavy atom. The van der Waals surface area contributed by atoms with Gasteiger partial charge in [0, 0.05) is 11.8 Å². The summed E-state index contributed by atoms with van der Waals surface area (Å²) in [4.78, 5) is 24.4. The Balaban J connectivity index is 1.60. The highest BCUT2D eigenvalue weighted by atomic mass is 35.5. The standard InChI is InChI=1S/C20H15Cl2N5O/c1-11-4-3-9-23-18(11)27-19(28)12-7-8-15-16(10-12)25-20(24-15)26-17-13(21)5-2-6-14(17)22/h2-10H,1H3,(H,23,27,28)(H2,24,25,26). The van der Waals surface area contributed by atoms with Gasteiger partial charge >= 0.3 is 0 Å². The van der Waals surface area contributed by atoms with E-state index in [2.05, 4.69) is 25.6 Å². The average molecular weight is 412 g/mol. The molecular formula is C20H15Cl2N5O. The monoisotopic (exact) mass is 411 g/mol. The summed E-state index contributed by atoms with van der Waals surface area (Å²) in [5.74, 6) is 0.754. The van der Waals surface area contributed by atoms with Crippen LogP contribution in [0.25, 0.3) is 11.0 Å². The Kier molecular flexibility index (Phi) is 4.90. The molecule has 0 unspecified atom stereocenters. The van der Waals surface area contributed by atoms with Crippen molar-refractivity contribution in [1.29, 1.82) is 0 Å². The number of anilines is 3. The topological polar surface area (TPSA) is 82.7 Å². The van der Waals surface area contributed by atoms with Crippen LogP contribution >= 0.6 is 23.2 Å². The maximum atomic E-state index is 12.6. The minimum atomic E-state index is -0.254. The van der Waals surface area contributed by atoms with Crippen molar-refractivity contribution in [2.75, 3.05) is 10.6 Å². The second kappa shape index (κ2) is 7.50. The molecule has 2 aromatic heterocycles. The Morgan fingerprint density at radius 2 is 1.86 bits per heavy atom.